The molecule has 0 amide bonds. The van der Waals surface area contributed by atoms with Gasteiger partial charge in [0, 0.05) is 30.6 Å². The first-order valence-electron chi connectivity index (χ1n) is 5.62. The van der Waals surface area contributed by atoms with Crippen LogP contribution in [0, 0.1) is 21.4 Å². The molecule has 1 atom stereocenters. The van der Waals surface area contributed by atoms with E-state index in [4.69, 9.17) is 5.26 Å². The molecule has 0 saturated carbocycles. The molecule has 1 aliphatic rings. The fraction of sp³-hybridized carbons (Fsp3) is 0.417. The van der Waals surface area contributed by atoms with Gasteiger partial charge in [-0.15, -0.1) is 0 Å². The van der Waals surface area contributed by atoms with E-state index >= 15 is 0 Å². The van der Waals surface area contributed by atoms with E-state index < -0.39 is 4.92 Å². The Bertz CT molecular complexity index is 507. The summed E-state index contributed by atoms with van der Waals surface area (Å²) in [7, 11) is 1.95. The van der Waals surface area contributed by atoms with Crippen LogP contribution in [0.15, 0.2) is 18.2 Å². The average molecular weight is 263 g/mol. The van der Waals surface area contributed by atoms with Crippen molar-refractivity contribution in [2.75, 3.05) is 23.5 Å². The van der Waals surface area contributed by atoms with Gasteiger partial charge < -0.3 is 4.90 Å². The second-order valence-corrected chi connectivity index (χ2v) is 5.35. The highest BCUT2D eigenvalue weighted by Crippen LogP contribution is 2.29. The average Bonchev–Trinajstić information content (AvgIpc) is 2.90. The first-order valence-corrected chi connectivity index (χ1v) is 6.78. The molecule has 2 rings (SSSR count). The minimum Gasteiger partial charge on any atom is -0.371 e. The lowest BCUT2D eigenvalue weighted by molar-refractivity contribution is -0.385. The van der Waals surface area contributed by atoms with E-state index in [1.807, 2.05) is 24.9 Å². The number of benzene rings is 1. The Morgan fingerprint density at radius 1 is 1.61 bits per heavy atom. The van der Waals surface area contributed by atoms with Crippen molar-refractivity contribution in [1.82, 2.24) is 0 Å². The largest absolute Gasteiger partial charge is 0.371 e. The maximum Gasteiger partial charge on any atom is 0.289 e. The normalized spacial score (nSPS) is 18.3. The van der Waals surface area contributed by atoms with Gasteiger partial charge in [-0.3, -0.25) is 10.1 Å². The van der Waals surface area contributed by atoms with Gasteiger partial charge in [-0.2, -0.15) is 17.0 Å². The Kier molecular flexibility index (Phi) is 3.72. The minimum absolute atomic E-state index is 0.109. The molecule has 1 aliphatic heterocycles. The van der Waals surface area contributed by atoms with Crippen LogP contribution in [-0.4, -0.2) is 29.5 Å². The SMILES string of the molecule is CN(c1ccc(C#N)c([N+](=O)[O-])c1)C1CCSC1. The van der Waals surface area contributed by atoms with Crippen LogP contribution in [0.2, 0.25) is 0 Å². The van der Waals surface area contributed by atoms with Crippen molar-refractivity contribution in [3.8, 4) is 6.07 Å². The molecule has 0 aromatic heterocycles. The quantitative estimate of drug-likeness (QED) is 0.618. The van der Waals surface area contributed by atoms with Crippen LogP contribution < -0.4 is 4.90 Å². The fourth-order valence-corrected chi connectivity index (χ4v) is 3.29. The minimum atomic E-state index is -0.501. The molecule has 1 aromatic carbocycles. The van der Waals surface area contributed by atoms with E-state index in [0.717, 1.165) is 23.6 Å². The van der Waals surface area contributed by atoms with Gasteiger partial charge >= 0.3 is 0 Å². The van der Waals surface area contributed by atoms with Crippen molar-refractivity contribution in [3.05, 3.63) is 33.9 Å². The third kappa shape index (κ3) is 2.41. The van der Waals surface area contributed by atoms with Gasteiger partial charge in [0.25, 0.3) is 5.69 Å². The molecule has 1 fully saturated rings. The first kappa shape index (κ1) is 12.7. The smallest absolute Gasteiger partial charge is 0.289 e. The molecule has 94 valence electrons. The molecule has 6 heteroatoms. The summed E-state index contributed by atoms with van der Waals surface area (Å²) < 4.78 is 0. The van der Waals surface area contributed by atoms with Crippen LogP contribution in [-0.2, 0) is 0 Å². The molecule has 0 radical (unpaired) electrons. The number of thioether (sulfide) groups is 1. The van der Waals surface area contributed by atoms with E-state index in [1.54, 1.807) is 6.07 Å². The highest BCUT2D eigenvalue weighted by molar-refractivity contribution is 7.99. The standard InChI is InChI=1S/C12H13N3O2S/c1-14(11-4-5-18-8-11)10-3-2-9(7-13)12(6-10)15(16)17/h2-3,6,11H,4-5,8H2,1H3. The van der Waals surface area contributed by atoms with Crippen molar-refractivity contribution >= 4 is 23.1 Å². The maximum absolute atomic E-state index is 10.9. The monoisotopic (exact) mass is 263 g/mol. The number of hydrogen-bond donors (Lipinski definition) is 0. The Morgan fingerprint density at radius 3 is 2.94 bits per heavy atom. The topological polar surface area (TPSA) is 70.2 Å². The van der Waals surface area contributed by atoms with Gasteiger partial charge in [0.15, 0.2) is 0 Å². The maximum atomic E-state index is 10.9. The number of nitro benzene ring substituents is 1. The van der Waals surface area contributed by atoms with Gasteiger partial charge in [-0.25, -0.2) is 0 Å². The Balaban J connectivity index is 2.31. The van der Waals surface area contributed by atoms with Gasteiger partial charge in [-0.05, 0) is 24.3 Å². The molecular weight excluding hydrogens is 250 g/mol. The zero-order chi connectivity index (χ0) is 13.1. The van der Waals surface area contributed by atoms with Crippen LogP contribution in [0.1, 0.15) is 12.0 Å². The highest BCUT2D eigenvalue weighted by atomic mass is 32.2. The van der Waals surface area contributed by atoms with Crippen LogP contribution >= 0.6 is 11.8 Å². The van der Waals surface area contributed by atoms with Crippen molar-refractivity contribution < 1.29 is 4.92 Å². The van der Waals surface area contributed by atoms with E-state index in [0.29, 0.717) is 6.04 Å². The van der Waals surface area contributed by atoms with Gasteiger partial charge in [-0.1, -0.05) is 0 Å². The highest BCUT2D eigenvalue weighted by Gasteiger charge is 2.22. The number of nitriles is 1. The predicted molar refractivity (Wildman–Crippen MR) is 71.9 cm³/mol. The zero-order valence-corrected chi connectivity index (χ0v) is 10.8. The molecule has 0 N–H and O–H groups in total. The van der Waals surface area contributed by atoms with Gasteiger partial charge in [0.05, 0.1) is 4.92 Å². The van der Waals surface area contributed by atoms with Gasteiger partial charge in [0.2, 0.25) is 0 Å². The molecule has 1 aromatic rings. The summed E-state index contributed by atoms with van der Waals surface area (Å²) in [6.45, 7) is 0. The summed E-state index contributed by atoms with van der Waals surface area (Å²) in [6, 6.07) is 7.05. The zero-order valence-electron chi connectivity index (χ0n) is 10.00. The third-order valence-corrected chi connectivity index (χ3v) is 4.30. The van der Waals surface area contributed by atoms with E-state index in [1.165, 1.54) is 12.1 Å². The lowest BCUT2D eigenvalue weighted by Crippen LogP contribution is -2.31. The molecule has 1 saturated heterocycles. The van der Waals surface area contributed by atoms with Gasteiger partial charge in [0.1, 0.15) is 11.6 Å². The molecule has 0 spiro atoms. The van der Waals surface area contributed by atoms with Crippen molar-refractivity contribution in [3.63, 3.8) is 0 Å². The van der Waals surface area contributed by atoms with Crippen molar-refractivity contribution in [1.29, 1.82) is 5.26 Å². The number of nitrogens with zero attached hydrogens (tertiary/aromatic N) is 3. The van der Waals surface area contributed by atoms with E-state index in [-0.39, 0.29) is 11.3 Å². The van der Waals surface area contributed by atoms with Crippen LogP contribution in [0.4, 0.5) is 11.4 Å². The second kappa shape index (κ2) is 5.27. The lowest BCUT2D eigenvalue weighted by atomic mass is 10.1. The second-order valence-electron chi connectivity index (χ2n) is 4.20. The number of nitro groups is 1. The summed E-state index contributed by atoms with van der Waals surface area (Å²) >= 11 is 1.90. The van der Waals surface area contributed by atoms with Crippen LogP contribution in [0.3, 0.4) is 0 Å². The molecule has 1 heterocycles. The third-order valence-electron chi connectivity index (χ3n) is 3.16. The van der Waals surface area contributed by atoms with Crippen LogP contribution in [0.25, 0.3) is 0 Å². The predicted octanol–water partition coefficient (Wildman–Crippen LogP) is 2.41. The fourth-order valence-electron chi connectivity index (χ4n) is 2.02. The molecule has 0 bridgehead atoms. The summed E-state index contributed by atoms with van der Waals surface area (Å²) in [5, 5.41) is 19.7. The summed E-state index contributed by atoms with van der Waals surface area (Å²) in [5.41, 5.74) is 0.790. The van der Waals surface area contributed by atoms with Crippen molar-refractivity contribution in [2.24, 2.45) is 0 Å². The summed E-state index contributed by atoms with van der Waals surface area (Å²) in [6.07, 6.45) is 1.09. The molecule has 18 heavy (non-hydrogen) atoms. The van der Waals surface area contributed by atoms with Crippen molar-refractivity contribution in [2.45, 2.75) is 12.5 Å². The molecular formula is C12H13N3O2S. The Hall–Kier alpha value is -1.74. The Morgan fingerprint density at radius 2 is 2.39 bits per heavy atom. The van der Waals surface area contributed by atoms with Crippen LogP contribution in [0.5, 0.6) is 0 Å². The summed E-state index contributed by atoms with van der Waals surface area (Å²) in [4.78, 5) is 12.5. The number of anilines is 1. The molecule has 1 unspecified atom stereocenters. The summed E-state index contributed by atoms with van der Waals surface area (Å²) in [5.74, 6) is 2.18. The molecule has 0 aliphatic carbocycles. The molecule has 5 nitrogen and oxygen atoms in total. The number of hydrogen-bond acceptors (Lipinski definition) is 5. The van der Waals surface area contributed by atoms with E-state index in [9.17, 15) is 10.1 Å². The van der Waals surface area contributed by atoms with E-state index in [2.05, 4.69) is 4.90 Å². The first-order chi connectivity index (χ1) is 8.63. The number of rotatable bonds is 3. The lowest BCUT2D eigenvalue weighted by Gasteiger charge is -2.25. The Labute approximate surface area is 110 Å².